The van der Waals surface area contributed by atoms with Crippen molar-refractivity contribution in [2.45, 2.75) is 45.6 Å². The molecule has 2 atom stereocenters. The van der Waals surface area contributed by atoms with Crippen LogP contribution in [0.4, 0.5) is 0 Å². The van der Waals surface area contributed by atoms with Crippen molar-refractivity contribution in [2.75, 3.05) is 13.1 Å². The van der Waals surface area contributed by atoms with Gasteiger partial charge in [-0.05, 0) is 44.2 Å². The van der Waals surface area contributed by atoms with Gasteiger partial charge >= 0.3 is 0 Å². The van der Waals surface area contributed by atoms with Crippen molar-refractivity contribution in [3.8, 4) is 0 Å². The first-order valence-corrected chi connectivity index (χ1v) is 8.11. The van der Waals surface area contributed by atoms with E-state index in [9.17, 15) is 4.79 Å². The lowest BCUT2D eigenvalue weighted by Gasteiger charge is -2.37. The van der Waals surface area contributed by atoms with Crippen LogP contribution in [0.5, 0.6) is 0 Å². The van der Waals surface area contributed by atoms with Crippen LogP contribution in [-0.4, -0.2) is 19.0 Å². The van der Waals surface area contributed by atoms with Crippen molar-refractivity contribution >= 4 is 17.2 Å². The summed E-state index contributed by atoms with van der Waals surface area (Å²) in [6, 6.07) is 4.23. The molecule has 4 heteroatoms. The standard InChI is InChI=1S/C15H24N2OS/c1-3-7-15(8-5-9-16-11-15)14(18)17-12(2)13-6-4-10-19-13/h4,6,10,12,16H,3,5,7-9,11H2,1-2H3,(H,17,18)/t12-,15?/m0/s1. The van der Waals surface area contributed by atoms with E-state index in [4.69, 9.17) is 0 Å². The molecule has 1 aromatic heterocycles. The smallest absolute Gasteiger partial charge is 0.228 e. The molecule has 2 rings (SSSR count). The van der Waals surface area contributed by atoms with E-state index in [0.717, 1.165) is 38.8 Å². The van der Waals surface area contributed by atoms with Gasteiger partial charge in [0.1, 0.15) is 0 Å². The summed E-state index contributed by atoms with van der Waals surface area (Å²) < 4.78 is 0. The summed E-state index contributed by atoms with van der Waals surface area (Å²) in [5, 5.41) is 8.66. The summed E-state index contributed by atoms with van der Waals surface area (Å²) in [6.45, 7) is 6.09. The number of rotatable bonds is 5. The summed E-state index contributed by atoms with van der Waals surface area (Å²) in [7, 11) is 0. The molecule has 1 aromatic rings. The summed E-state index contributed by atoms with van der Waals surface area (Å²) in [5.74, 6) is 0.224. The van der Waals surface area contributed by atoms with Gasteiger partial charge in [-0.15, -0.1) is 11.3 Å². The molecule has 3 nitrogen and oxygen atoms in total. The molecule has 19 heavy (non-hydrogen) atoms. The molecular weight excluding hydrogens is 256 g/mol. The molecule has 106 valence electrons. The van der Waals surface area contributed by atoms with Crippen molar-refractivity contribution in [1.29, 1.82) is 0 Å². The predicted molar refractivity (Wildman–Crippen MR) is 80.3 cm³/mol. The normalized spacial score (nSPS) is 24.9. The Balaban J connectivity index is 2.03. The molecule has 0 aliphatic carbocycles. The number of nitrogens with one attached hydrogen (secondary N) is 2. The van der Waals surface area contributed by atoms with Crippen LogP contribution in [0.3, 0.4) is 0 Å². The number of carbonyl (C=O) groups is 1. The van der Waals surface area contributed by atoms with E-state index in [-0.39, 0.29) is 17.4 Å². The van der Waals surface area contributed by atoms with Crippen LogP contribution in [-0.2, 0) is 4.79 Å². The van der Waals surface area contributed by atoms with E-state index < -0.39 is 0 Å². The maximum absolute atomic E-state index is 12.7. The van der Waals surface area contributed by atoms with Crippen LogP contribution in [0.2, 0.25) is 0 Å². The van der Waals surface area contributed by atoms with E-state index in [1.54, 1.807) is 11.3 Å². The summed E-state index contributed by atoms with van der Waals surface area (Å²) in [5.41, 5.74) is -0.196. The Morgan fingerprint density at radius 2 is 2.47 bits per heavy atom. The number of hydrogen-bond acceptors (Lipinski definition) is 3. The third kappa shape index (κ3) is 3.37. The predicted octanol–water partition coefficient (Wildman–Crippen LogP) is 3.10. The van der Waals surface area contributed by atoms with Crippen LogP contribution in [0.15, 0.2) is 17.5 Å². The fraction of sp³-hybridized carbons (Fsp3) is 0.667. The van der Waals surface area contributed by atoms with Gasteiger partial charge in [0.05, 0.1) is 11.5 Å². The van der Waals surface area contributed by atoms with Gasteiger partial charge in [0.25, 0.3) is 0 Å². The highest BCUT2D eigenvalue weighted by Crippen LogP contribution is 2.33. The second kappa shape index (κ2) is 6.53. The maximum atomic E-state index is 12.7. The molecule has 1 aliphatic rings. The lowest BCUT2D eigenvalue weighted by atomic mass is 9.76. The van der Waals surface area contributed by atoms with Gasteiger partial charge < -0.3 is 10.6 Å². The zero-order valence-corrected chi connectivity index (χ0v) is 12.7. The summed E-state index contributed by atoms with van der Waals surface area (Å²) in [4.78, 5) is 13.9. The van der Waals surface area contributed by atoms with Crippen LogP contribution in [0.25, 0.3) is 0 Å². The van der Waals surface area contributed by atoms with E-state index in [1.807, 2.05) is 6.07 Å². The second-order valence-corrected chi connectivity index (χ2v) is 6.50. The highest BCUT2D eigenvalue weighted by atomic mass is 32.1. The Hall–Kier alpha value is -0.870. The first-order valence-electron chi connectivity index (χ1n) is 7.23. The monoisotopic (exact) mass is 280 g/mol. The third-order valence-corrected chi connectivity index (χ3v) is 5.06. The summed E-state index contributed by atoms with van der Waals surface area (Å²) in [6.07, 6.45) is 4.14. The number of piperidine rings is 1. The van der Waals surface area contributed by atoms with Crippen molar-refractivity contribution in [3.63, 3.8) is 0 Å². The highest BCUT2D eigenvalue weighted by Gasteiger charge is 2.39. The quantitative estimate of drug-likeness (QED) is 0.870. The first-order chi connectivity index (χ1) is 9.18. The molecule has 1 fully saturated rings. The first kappa shape index (κ1) is 14.5. The molecule has 1 saturated heterocycles. The Morgan fingerprint density at radius 3 is 3.05 bits per heavy atom. The average molecular weight is 280 g/mol. The lowest BCUT2D eigenvalue weighted by molar-refractivity contribution is -0.133. The second-order valence-electron chi connectivity index (χ2n) is 5.52. The molecule has 1 amide bonds. The Bertz CT molecular complexity index is 391. The zero-order chi connectivity index (χ0) is 13.7. The van der Waals surface area contributed by atoms with E-state index in [2.05, 4.69) is 35.9 Å². The van der Waals surface area contributed by atoms with Gasteiger partial charge in [-0.25, -0.2) is 0 Å². The van der Waals surface area contributed by atoms with Crippen molar-refractivity contribution in [3.05, 3.63) is 22.4 Å². The SMILES string of the molecule is CCCC1(C(=O)N[C@@H](C)c2cccs2)CCCNC1. The fourth-order valence-corrected chi connectivity index (χ4v) is 3.66. The van der Waals surface area contributed by atoms with Gasteiger partial charge in [0.2, 0.25) is 5.91 Å². The van der Waals surface area contributed by atoms with E-state index >= 15 is 0 Å². The van der Waals surface area contributed by atoms with Crippen LogP contribution in [0, 0.1) is 5.41 Å². The largest absolute Gasteiger partial charge is 0.348 e. The zero-order valence-electron chi connectivity index (χ0n) is 11.9. The van der Waals surface area contributed by atoms with Crippen molar-refractivity contribution in [2.24, 2.45) is 5.41 Å². The molecule has 0 bridgehead atoms. The van der Waals surface area contributed by atoms with Gasteiger partial charge in [-0.3, -0.25) is 4.79 Å². The molecule has 2 N–H and O–H groups in total. The topological polar surface area (TPSA) is 41.1 Å². The molecule has 1 unspecified atom stereocenters. The van der Waals surface area contributed by atoms with Crippen molar-refractivity contribution < 1.29 is 4.79 Å². The molecule has 0 spiro atoms. The molecule has 2 heterocycles. The van der Waals surface area contributed by atoms with Gasteiger partial charge in [-0.1, -0.05) is 19.4 Å². The van der Waals surface area contributed by atoms with Crippen LogP contribution in [0.1, 0.15) is 50.4 Å². The molecule has 1 aliphatic heterocycles. The maximum Gasteiger partial charge on any atom is 0.228 e. The number of thiophene rings is 1. The summed E-state index contributed by atoms with van der Waals surface area (Å²) >= 11 is 1.70. The molecule has 0 radical (unpaired) electrons. The lowest BCUT2D eigenvalue weighted by Crippen LogP contribution is -2.50. The number of amides is 1. The highest BCUT2D eigenvalue weighted by molar-refractivity contribution is 7.10. The van der Waals surface area contributed by atoms with E-state index in [1.165, 1.54) is 4.88 Å². The third-order valence-electron chi connectivity index (χ3n) is 4.00. The van der Waals surface area contributed by atoms with E-state index in [0.29, 0.717) is 0 Å². The fourth-order valence-electron chi connectivity index (χ4n) is 2.93. The van der Waals surface area contributed by atoms with Crippen LogP contribution >= 0.6 is 11.3 Å². The average Bonchev–Trinajstić information content (AvgIpc) is 2.94. The Labute approximate surface area is 119 Å². The molecule has 0 aromatic carbocycles. The molecule has 0 saturated carbocycles. The minimum Gasteiger partial charge on any atom is -0.348 e. The number of hydrogen-bond donors (Lipinski definition) is 2. The van der Waals surface area contributed by atoms with Crippen LogP contribution < -0.4 is 10.6 Å². The molecular formula is C15H24N2OS. The number of carbonyl (C=O) groups excluding carboxylic acids is 1. The minimum absolute atomic E-state index is 0.114. The van der Waals surface area contributed by atoms with Gasteiger partial charge in [0.15, 0.2) is 0 Å². The van der Waals surface area contributed by atoms with Gasteiger partial charge in [-0.2, -0.15) is 0 Å². The van der Waals surface area contributed by atoms with Gasteiger partial charge in [0, 0.05) is 11.4 Å². The van der Waals surface area contributed by atoms with Crippen molar-refractivity contribution in [1.82, 2.24) is 10.6 Å². The Kier molecular flexibility index (Phi) is 4.99. The minimum atomic E-state index is -0.196. The Morgan fingerprint density at radius 1 is 1.63 bits per heavy atom.